The molecule has 3 heteroatoms. The minimum absolute atomic E-state index is 0.137. The largest absolute Gasteiger partial charge is 0.480 e. The van der Waals surface area contributed by atoms with Crippen LogP contribution in [0.2, 0.25) is 0 Å². The maximum Gasteiger partial charge on any atom is 0.373 e. The first kappa shape index (κ1) is 9.56. The highest BCUT2D eigenvalue weighted by molar-refractivity contribution is 5.86. The van der Waals surface area contributed by atoms with Crippen molar-refractivity contribution in [1.29, 1.82) is 0 Å². The van der Waals surface area contributed by atoms with Crippen molar-refractivity contribution in [3.8, 4) is 0 Å². The fraction of sp³-hybridized carbons (Fsp3) is 0.727. The van der Waals surface area contributed by atoms with Crippen LogP contribution in [0.5, 0.6) is 0 Å². The molecule has 1 unspecified atom stereocenters. The van der Waals surface area contributed by atoms with Gasteiger partial charge in [-0.1, -0.05) is 0 Å². The van der Waals surface area contributed by atoms with E-state index in [1.807, 2.05) is 6.08 Å². The lowest BCUT2D eigenvalue weighted by Crippen LogP contribution is -2.27. The van der Waals surface area contributed by atoms with E-state index in [1.54, 1.807) is 6.92 Å². The van der Waals surface area contributed by atoms with Crippen LogP contribution in [0.25, 0.3) is 0 Å². The minimum Gasteiger partial charge on any atom is -0.480 e. The average Bonchev–Trinajstić information content (AvgIpc) is 2.92. The van der Waals surface area contributed by atoms with Crippen molar-refractivity contribution in [2.75, 3.05) is 6.61 Å². The summed E-state index contributed by atoms with van der Waals surface area (Å²) in [6.07, 6.45) is 5.14. The second kappa shape index (κ2) is 3.30. The summed E-state index contributed by atoms with van der Waals surface area (Å²) in [7, 11) is 0. The van der Waals surface area contributed by atoms with Crippen molar-refractivity contribution >= 4 is 5.97 Å². The minimum atomic E-state index is -0.322. The van der Waals surface area contributed by atoms with Crippen LogP contribution in [-0.4, -0.2) is 18.2 Å². The standard InChI is InChI=1S/C11H16O3/c1-3-13-10(12)9-6-7-11(2,14-9)8-4-5-8/h6,8H,3-5,7H2,1-2H3. The van der Waals surface area contributed by atoms with Gasteiger partial charge in [-0.25, -0.2) is 4.79 Å². The molecule has 78 valence electrons. The second-order valence-corrected chi connectivity index (χ2v) is 4.18. The number of ether oxygens (including phenoxy) is 2. The van der Waals surface area contributed by atoms with E-state index in [9.17, 15) is 4.79 Å². The second-order valence-electron chi connectivity index (χ2n) is 4.18. The van der Waals surface area contributed by atoms with Crippen LogP contribution in [-0.2, 0) is 14.3 Å². The van der Waals surface area contributed by atoms with Crippen molar-refractivity contribution in [3.05, 3.63) is 11.8 Å². The van der Waals surface area contributed by atoms with Crippen molar-refractivity contribution in [1.82, 2.24) is 0 Å². The Morgan fingerprint density at radius 1 is 1.71 bits per heavy atom. The van der Waals surface area contributed by atoms with E-state index >= 15 is 0 Å². The summed E-state index contributed by atoms with van der Waals surface area (Å²) in [5.74, 6) is 0.712. The van der Waals surface area contributed by atoms with Crippen molar-refractivity contribution in [3.63, 3.8) is 0 Å². The molecule has 0 bridgehead atoms. The first-order chi connectivity index (χ1) is 6.65. The lowest BCUT2D eigenvalue weighted by atomic mass is 9.98. The summed E-state index contributed by atoms with van der Waals surface area (Å²) in [4.78, 5) is 11.4. The van der Waals surface area contributed by atoms with Gasteiger partial charge in [-0.3, -0.25) is 0 Å². The molecule has 3 nitrogen and oxygen atoms in total. The van der Waals surface area contributed by atoms with Crippen LogP contribution in [0.3, 0.4) is 0 Å². The highest BCUT2D eigenvalue weighted by atomic mass is 16.6. The molecular formula is C11H16O3. The Morgan fingerprint density at radius 3 is 3.00 bits per heavy atom. The molecule has 0 amide bonds. The van der Waals surface area contributed by atoms with Crippen LogP contribution >= 0.6 is 0 Å². The van der Waals surface area contributed by atoms with Crippen LogP contribution in [0, 0.1) is 5.92 Å². The molecule has 2 aliphatic rings. The maximum atomic E-state index is 11.4. The van der Waals surface area contributed by atoms with Gasteiger partial charge in [0.2, 0.25) is 5.76 Å². The van der Waals surface area contributed by atoms with E-state index < -0.39 is 0 Å². The molecule has 1 heterocycles. The Morgan fingerprint density at radius 2 is 2.43 bits per heavy atom. The summed E-state index contributed by atoms with van der Waals surface area (Å²) in [5, 5.41) is 0. The van der Waals surface area contributed by atoms with Crippen molar-refractivity contribution < 1.29 is 14.3 Å². The molecule has 0 aromatic rings. The van der Waals surface area contributed by atoms with Crippen LogP contribution in [0.15, 0.2) is 11.8 Å². The predicted octanol–water partition coefficient (Wildman–Crippen LogP) is 2.02. The Kier molecular flexibility index (Phi) is 2.25. The smallest absolute Gasteiger partial charge is 0.373 e. The van der Waals surface area contributed by atoms with Gasteiger partial charge in [0, 0.05) is 6.42 Å². The van der Waals surface area contributed by atoms with Gasteiger partial charge in [-0.05, 0) is 38.7 Å². The fourth-order valence-corrected chi connectivity index (χ4v) is 1.90. The lowest BCUT2D eigenvalue weighted by Gasteiger charge is -2.24. The Bertz CT molecular complexity index is 278. The topological polar surface area (TPSA) is 35.5 Å². The first-order valence-corrected chi connectivity index (χ1v) is 5.22. The summed E-state index contributed by atoms with van der Waals surface area (Å²) < 4.78 is 10.6. The first-order valence-electron chi connectivity index (χ1n) is 5.22. The Balaban J connectivity index is 1.95. The van der Waals surface area contributed by atoms with E-state index in [2.05, 4.69) is 6.92 Å². The summed E-state index contributed by atoms with van der Waals surface area (Å²) in [5.41, 5.74) is -0.137. The third-order valence-corrected chi connectivity index (χ3v) is 2.95. The fourth-order valence-electron chi connectivity index (χ4n) is 1.90. The van der Waals surface area contributed by atoms with Crippen LogP contribution < -0.4 is 0 Å². The number of carbonyl (C=O) groups excluding carboxylic acids is 1. The summed E-state index contributed by atoms with van der Waals surface area (Å²) in [6.45, 7) is 4.28. The van der Waals surface area contributed by atoms with E-state index in [0.29, 0.717) is 18.3 Å². The molecular weight excluding hydrogens is 180 g/mol. The molecule has 1 fully saturated rings. The van der Waals surface area contributed by atoms with Crippen molar-refractivity contribution in [2.24, 2.45) is 5.92 Å². The third-order valence-electron chi connectivity index (χ3n) is 2.95. The zero-order valence-electron chi connectivity index (χ0n) is 8.71. The SMILES string of the molecule is CCOC(=O)C1=CCC(C)(C2CC2)O1. The number of hydrogen-bond donors (Lipinski definition) is 0. The molecule has 14 heavy (non-hydrogen) atoms. The molecule has 0 saturated heterocycles. The third kappa shape index (κ3) is 1.63. The lowest BCUT2D eigenvalue weighted by molar-refractivity contribution is -0.145. The van der Waals surface area contributed by atoms with Gasteiger partial charge >= 0.3 is 5.97 Å². The van der Waals surface area contributed by atoms with Gasteiger partial charge in [-0.2, -0.15) is 0 Å². The van der Waals surface area contributed by atoms with E-state index in [-0.39, 0.29) is 11.6 Å². The van der Waals surface area contributed by atoms with Gasteiger partial charge in [0.25, 0.3) is 0 Å². The molecule has 1 atom stereocenters. The highest BCUT2D eigenvalue weighted by Crippen LogP contribution is 2.47. The number of rotatable bonds is 3. The molecule has 0 N–H and O–H groups in total. The molecule has 1 aliphatic carbocycles. The summed E-state index contributed by atoms with van der Waals surface area (Å²) >= 11 is 0. The van der Waals surface area contributed by atoms with E-state index in [1.165, 1.54) is 12.8 Å². The molecule has 2 rings (SSSR count). The maximum absolute atomic E-state index is 11.4. The van der Waals surface area contributed by atoms with Crippen molar-refractivity contribution in [2.45, 2.75) is 38.7 Å². The molecule has 0 aromatic heterocycles. The monoisotopic (exact) mass is 196 g/mol. The molecule has 0 spiro atoms. The van der Waals surface area contributed by atoms with Gasteiger partial charge in [0.1, 0.15) is 5.60 Å². The zero-order valence-corrected chi connectivity index (χ0v) is 8.71. The highest BCUT2D eigenvalue weighted by Gasteiger charge is 2.46. The number of esters is 1. The van der Waals surface area contributed by atoms with E-state index in [4.69, 9.17) is 9.47 Å². The molecule has 0 aromatic carbocycles. The number of hydrogen-bond acceptors (Lipinski definition) is 3. The van der Waals surface area contributed by atoms with Gasteiger partial charge < -0.3 is 9.47 Å². The molecule has 1 aliphatic heterocycles. The molecule has 0 radical (unpaired) electrons. The summed E-state index contributed by atoms with van der Waals surface area (Å²) in [6, 6.07) is 0. The zero-order chi connectivity index (χ0) is 10.2. The Labute approximate surface area is 84.1 Å². The van der Waals surface area contributed by atoms with Crippen LogP contribution in [0.1, 0.15) is 33.1 Å². The molecule has 1 saturated carbocycles. The quantitative estimate of drug-likeness (QED) is 0.648. The van der Waals surface area contributed by atoms with E-state index in [0.717, 1.165) is 6.42 Å². The Hall–Kier alpha value is -0.990. The van der Waals surface area contributed by atoms with Gasteiger partial charge in [0.15, 0.2) is 0 Å². The number of carbonyl (C=O) groups is 1. The average molecular weight is 196 g/mol. The van der Waals surface area contributed by atoms with Crippen LogP contribution in [0.4, 0.5) is 0 Å². The predicted molar refractivity (Wildman–Crippen MR) is 51.5 cm³/mol. The van der Waals surface area contributed by atoms with Gasteiger partial charge in [-0.15, -0.1) is 0 Å². The normalized spacial score (nSPS) is 30.9. The van der Waals surface area contributed by atoms with Gasteiger partial charge in [0.05, 0.1) is 6.61 Å².